The molecular weight excluding hydrogens is 466 g/mol. The standard InChI is InChI=1S/C28H29N7O2/c1-33-19-29-25-26(33)31-23(32-27(25)35-15-28(16-35)17-37-18-28)7-8-24-30-22(21-5-3-2-4-6-21)14-34(24)13-20-9-11-36-12-10-20/h2-6,14,19-20H,9-13,15-18H2,1H3. The topological polar surface area (TPSA) is 83.1 Å². The van der Waals surface area contributed by atoms with Gasteiger partial charge < -0.3 is 23.5 Å². The van der Waals surface area contributed by atoms with Crippen molar-refractivity contribution in [2.45, 2.75) is 19.4 Å². The van der Waals surface area contributed by atoms with E-state index in [2.05, 4.69) is 44.6 Å². The fourth-order valence-electron chi connectivity index (χ4n) is 5.48. The molecule has 3 fully saturated rings. The molecule has 0 N–H and O–H groups in total. The van der Waals surface area contributed by atoms with E-state index in [1.165, 1.54) is 0 Å². The van der Waals surface area contributed by atoms with Crippen LogP contribution < -0.4 is 4.90 Å². The van der Waals surface area contributed by atoms with E-state index >= 15 is 0 Å². The van der Waals surface area contributed by atoms with E-state index in [-0.39, 0.29) is 5.41 Å². The van der Waals surface area contributed by atoms with Crippen molar-refractivity contribution in [3.63, 3.8) is 0 Å². The predicted octanol–water partition coefficient (Wildman–Crippen LogP) is 2.89. The molecule has 0 amide bonds. The lowest BCUT2D eigenvalue weighted by molar-refractivity contribution is -0.127. The molecule has 9 nitrogen and oxygen atoms in total. The molecule has 6 heterocycles. The zero-order chi connectivity index (χ0) is 24.8. The number of aromatic nitrogens is 6. The monoisotopic (exact) mass is 495 g/mol. The summed E-state index contributed by atoms with van der Waals surface area (Å²) in [6.45, 7) is 6.02. The molecule has 3 aromatic heterocycles. The third-order valence-electron chi connectivity index (χ3n) is 7.64. The largest absolute Gasteiger partial charge is 0.381 e. The van der Waals surface area contributed by atoms with Gasteiger partial charge in [0.2, 0.25) is 5.82 Å². The first-order valence-corrected chi connectivity index (χ1v) is 12.9. The highest BCUT2D eigenvalue weighted by Crippen LogP contribution is 2.41. The molecule has 1 aromatic carbocycles. The van der Waals surface area contributed by atoms with Crippen LogP contribution in [0.2, 0.25) is 0 Å². The zero-order valence-electron chi connectivity index (χ0n) is 20.9. The highest BCUT2D eigenvalue weighted by Gasteiger charge is 2.50. The Morgan fingerprint density at radius 2 is 1.81 bits per heavy atom. The zero-order valence-corrected chi connectivity index (χ0v) is 20.9. The Kier molecular flexibility index (Phi) is 5.45. The number of rotatable bonds is 4. The van der Waals surface area contributed by atoms with E-state index in [9.17, 15) is 0 Å². The number of fused-ring (bicyclic) bond motifs is 1. The van der Waals surface area contributed by atoms with Gasteiger partial charge in [-0.2, -0.15) is 0 Å². The van der Waals surface area contributed by atoms with Crippen molar-refractivity contribution in [3.05, 3.63) is 54.5 Å². The van der Waals surface area contributed by atoms with Gasteiger partial charge in [-0.3, -0.25) is 0 Å². The molecule has 0 atom stereocenters. The molecule has 3 aliphatic heterocycles. The first-order valence-electron chi connectivity index (χ1n) is 12.9. The normalized spacial score (nSPS) is 18.9. The first-order chi connectivity index (χ1) is 18.2. The van der Waals surface area contributed by atoms with Gasteiger partial charge in [0, 0.05) is 51.7 Å². The van der Waals surface area contributed by atoms with Crippen LogP contribution in [-0.4, -0.2) is 68.6 Å². The van der Waals surface area contributed by atoms with E-state index in [4.69, 9.17) is 24.4 Å². The Morgan fingerprint density at radius 1 is 1.00 bits per heavy atom. The Labute approximate surface area is 215 Å². The van der Waals surface area contributed by atoms with Crippen LogP contribution in [-0.2, 0) is 23.1 Å². The molecule has 7 rings (SSSR count). The number of imidazole rings is 2. The van der Waals surface area contributed by atoms with E-state index in [0.717, 1.165) is 93.0 Å². The van der Waals surface area contributed by atoms with Gasteiger partial charge in [-0.05, 0) is 30.6 Å². The van der Waals surface area contributed by atoms with Crippen LogP contribution >= 0.6 is 0 Å². The molecule has 0 bridgehead atoms. The van der Waals surface area contributed by atoms with Crippen molar-refractivity contribution in [1.82, 2.24) is 29.1 Å². The van der Waals surface area contributed by atoms with Crippen molar-refractivity contribution >= 4 is 17.0 Å². The number of anilines is 1. The highest BCUT2D eigenvalue weighted by molar-refractivity contribution is 5.84. The van der Waals surface area contributed by atoms with E-state index in [1.54, 1.807) is 6.33 Å². The number of benzene rings is 1. The number of hydrogen-bond acceptors (Lipinski definition) is 7. The second kappa shape index (κ2) is 8.98. The van der Waals surface area contributed by atoms with E-state index in [0.29, 0.717) is 11.7 Å². The molecule has 1 spiro atoms. The van der Waals surface area contributed by atoms with Gasteiger partial charge in [-0.15, -0.1) is 0 Å². The molecule has 9 heteroatoms. The Balaban J connectivity index is 1.24. The third kappa shape index (κ3) is 4.16. The van der Waals surface area contributed by atoms with Gasteiger partial charge in [0.1, 0.15) is 0 Å². The fraction of sp³-hybridized carbons (Fsp3) is 0.429. The smallest absolute Gasteiger partial charge is 0.209 e. The second-order valence-corrected chi connectivity index (χ2v) is 10.5. The van der Waals surface area contributed by atoms with Crippen LogP contribution in [0.25, 0.3) is 22.4 Å². The van der Waals surface area contributed by atoms with Crippen molar-refractivity contribution in [3.8, 4) is 23.1 Å². The average molecular weight is 496 g/mol. The maximum absolute atomic E-state index is 5.57. The first kappa shape index (κ1) is 22.5. The summed E-state index contributed by atoms with van der Waals surface area (Å²) in [5.74, 6) is 9.15. The van der Waals surface area contributed by atoms with Crippen LogP contribution in [0.4, 0.5) is 5.82 Å². The van der Waals surface area contributed by atoms with Gasteiger partial charge in [0.15, 0.2) is 22.8 Å². The SMILES string of the molecule is Cn1cnc2c(N3CC4(COC4)C3)nc(C#Cc3nc(-c4ccccc4)cn3CC3CCOCC3)nc21. The molecule has 4 aromatic rings. The summed E-state index contributed by atoms with van der Waals surface area (Å²) in [6, 6.07) is 10.2. The van der Waals surface area contributed by atoms with E-state index < -0.39 is 0 Å². The minimum atomic E-state index is 0.278. The van der Waals surface area contributed by atoms with Gasteiger partial charge in [0.25, 0.3) is 0 Å². The van der Waals surface area contributed by atoms with Crippen LogP contribution in [0, 0.1) is 23.2 Å². The summed E-state index contributed by atoms with van der Waals surface area (Å²) in [5, 5.41) is 0. The van der Waals surface area contributed by atoms with Crippen molar-refractivity contribution < 1.29 is 9.47 Å². The molecule has 0 saturated carbocycles. The molecule has 0 unspecified atom stereocenters. The highest BCUT2D eigenvalue weighted by atomic mass is 16.5. The summed E-state index contributed by atoms with van der Waals surface area (Å²) < 4.78 is 15.1. The lowest BCUT2D eigenvalue weighted by Crippen LogP contribution is -2.66. The molecule has 3 aliphatic rings. The average Bonchev–Trinajstić information content (AvgIpc) is 3.45. The van der Waals surface area contributed by atoms with E-state index in [1.807, 2.05) is 29.8 Å². The van der Waals surface area contributed by atoms with Gasteiger partial charge in [0.05, 0.1) is 30.7 Å². The number of aryl methyl sites for hydroxylation is 1. The molecular formula is C28H29N7O2. The quantitative estimate of drug-likeness (QED) is 0.403. The molecule has 0 aliphatic carbocycles. The van der Waals surface area contributed by atoms with Crippen molar-refractivity contribution in [1.29, 1.82) is 0 Å². The maximum Gasteiger partial charge on any atom is 0.209 e. The minimum absolute atomic E-state index is 0.278. The minimum Gasteiger partial charge on any atom is -0.381 e. The third-order valence-corrected chi connectivity index (χ3v) is 7.64. The Hall–Kier alpha value is -3.74. The molecule has 37 heavy (non-hydrogen) atoms. The van der Waals surface area contributed by atoms with Crippen molar-refractivity contribution in [2.75, 3.05) is 44.4 Å². The van der Waals surface area contributed by atoms with Crippen LogP contribution in [0.15, 0.2) is 42.9 Å². The Morgan fingerprint density at radius 3 is 2.57 bits per heavy atom. The summed E-state index contributed by atoms with van der Waals surface area (Å²) in [6.07, 6.45) is 6.01. The molecule has 3 saturated heterocycles. The van der Waals surface area contributed by atoms with Crippen LogP contribution in [0.1, 0.15) is 24.5 Å². The lowest BCUT2D eigenvalue weighted by atomic mass is 9.78. The van der Waals surface area contributed by atoms with Crippen LogP contribution in [0.5, 0.6) is 0 Å². The Bertz CT molecular complexity index is 1500. The second-order valence-electron chi connectivity index (χ2n) is 10.5. The molecule has 188 valence electrons. The summed E-state index contributed by atoms with van der Waals surface area (Å²) in [7, 11) is 1.95. The van der Waals surface area contributed by atoms with Gasteiger partial charge in [-0.1, -0.05) is 30.3 Å². The summed E-state index contributed by atoms with van der Waals surface area (Å²) in [5.41, 5.74) is 3.89. The predicted molar refractivity (Wildman–Crippen MR) is 139 cm³/mol. The maximum atomic E-state index is 5.57. The van der Waals surface area contributed by atoms with Gasteiger partial charge >= 0.3 is 0 Å². The summed E-state index contributed by atoms with van der Waals surface area (Å²) >= 11 is 0. The molecule has 0 radical (unpaired) electrons. The summed E-state index contributed by atoms with van der Waals surface area (Å²) in [4.78, 5) is 21.4. The number of ether oxygens (including phenoxy) is 2. The number of nitrogens with zero attached hydrogens (tertiary/aromatic N) is 7. The number of hydrogen-bond donors (Lipinski definition) is 0. The van der Waals surface area contributed by atoms with Crippen LogP contribution in [0.3, 0.4) is 0 Å². The fourth-order valence-corrected chi connectivity index (χ4v) is 5.48. The lowest BCUT2D eigenvalue weighted by Gasteiger charge is -2.55. The van der Waals surface area contributed by atoms with Gasteiger partial charge in [-0.25, -0.2) is 19.9 Å². The van der Waals surface area contributed by atoms with Crippen molar-refractivity contribution in [2.24, 2.45) is 18.4 Å².